The van der Waals surface area contributed by atoms with E-state index in [2.05, 4.69) is 42.7 Å². The molecule has 2 nitrogen and oxygen atoms in total. The highest BCUT2D eigenvalue weighted by atomic mass is 32.1. The molecule has 1 N–H and O–H groups in total. The van der Waals surface area contributed by atoms with Crippen LogP contribution in [0.25, 0.3) is 0 Å². The summed E-state index contributed by atoms with van der Waals surface area (Å²) in [6, 6.07) is 6.81. The van der Waals surface area contributed by atoms with Crippen LogP contribution in [0.4, 0.5) is 0 Å². The maximum Gasteiger partial charge on any atom is 0.110 e. The quantitative estimate of drug-likeness (QED) is 0.892. The van der Waals surface area contributed by atoms with Gasteiger partial charge in [0.05, 0.1) is 6.07 Å². The van der Waals surface area contributed by atoms with Gasteiger partial charge in [-0.05, 0) is 36.1 Å². The minimum atomic E-state index is -0.309. The van der Waals surface area contributed by atoms with Crippen LogP contribution in [0.15, 0.2) is 17.5 Å². The molecular weight excluding hydrogens is 240 g/mol. The van der Waals surface area contributed by atoms with Gasteiger partial charge in [-0.2, -0.15) is 5.26 Å². The molecule has 1 heterocycles. The molecule has 2 rings (SSSR count). The van der Waals surface area contributed by atoms with E-state index in [1.807, 2.05) is 0 Å². The first-order valence-electron chi connectivity index (χ1n) is 6.86. The van der Waals surface area contributed by atoms with Crippen molar-refractivity contribution < 1.29 is 0 Å². The molecule has 0 aromatic carbocycles. The van der Waals surface area contributed by atoms with Crippen molar-refractivity contribution in [1.82, 2.24) is 5.32 Å². The fraction of sp³-hybridized carbons (Fsp3) is 0.667. The summed E-state index contributed by atoms with van der Waals surface area (Å²) >= 11 is 1.76. The largest absolute Gasteiger partial charge is 0.294 e. The molecule has 2 atom stereocenters. The standard InChI is InChI=1S/C15H22N2S/c1-12(2)14-7-3-4-8-15(14,11-16)17-10-13-6-5-9-18-13/h5-6,9,12,14,17H,3-4,7-8,10H2,1-2H3. The zero-order chi connectivity index (χ0) is 13.0. The van der Waals surface area contributed by atoms with Gasteiger partial charge in [0.2, 0.25) is 0 Å². The fourth-order valence-corrected chi connectivity index (χ4v) is 3.80. The molecule has 1 aliphatic carbocycles. The Hall–Kier alpha value is -0.850. The Labute approximate surface area is 114 Å². The Morgan fingerprint density at radius 3 is 3.00 bits per heavy atom. The van der Waals surface area contributed by atoms with Gasteiger partial charge in [-0.1, -0.05) is 32.8 Å². The number of rotatable bonds is 4. The van der Waals surface area contributed by atoms with E-state index < -0.39 is 0 Å². The number of hydrogen-bond donors (Lipinski definition) is 1. The highest BCUT2D eigenvalue weighted by molar-refractivity contribution is 7.09. The second kappa shape index (κ2) is 5.86. The van der Waals surface area contributed by atoms with Gasteiger partial charge in [-0.3, -0.25) is 5.32 Å². The van der Waals surface area contributed by atoms with Crippen molar-refractivity contribution in [3.8, 4) is 6.07 Å². The second-order valence-electron chi connectivity index (χ2n) is 5.61. The van der Waals surface area contributed by atoms with Crippen LogP contribution in [0.1, 0.15) is 44.4 Å². The summed E-state index contributed by atoms with van der Waals surface area (Å²) in [6.07, 6.45) is 4.63. The SMILES string of the molecule is CC(C)C1CCCCC1(C#N)NCc1cccs1. The van der Waals surface area contributed by atoms with Crippen LogP contribution in [0.5, 0.6) is 0 Å². The van der Waals surface area contributed by atoms with E-state index in [9.17, 15) is 5.26 Å². The third kappa shape index (κ3) is 2.76. The zero-order valence-electron chi connectivity index (χ0n) is 11.3. The second-order valence-corrected chi connectivity index (χ2v) is 6.64. The number of nitrogens with zero attached hydrogens (tertiary/aromatic N) is 1. The van der Waals surface area contributed by atoms with Crippen LogP contribution in [-0.2, 0) is 6.54 Å². The molecule has 2 unspecified atom stereocenters. The van der Waals surface area contributed by atoms with Gasteiger partial charge in [0.1, 0.15) is 5.54 Å². The number of nitrogens with one attached hydrogen (secondary N) is 1. The average Bonchev–Trinajstić information content (AvgIpc) is 2.89. The maximum absolute atomic E-state index is 9.68. The van der Waals surface area contributed by atoms with Crippen molar-refractivity contribution in [2.24, 2.45) is 11.8 Å². The molecule has 1 fully saturated rings. The van der Waals surface area contributed by atoms with Crippen LogP contribution >= 0.6 is 11.3 Å². The minimum Gasteiger partial charge on any atom is -0.294 e. The lowest BCUT2D eigenvalue weighted by atomic mass is 9.68. The Balaban J connectivity index is 2.10. The summed E-state index contributed by atoms with van der Waals surface area (Å²) in [4.78, 5) is 1.32. The Kier molecular flexibility index (Phi) is 4.42. The van der Waals surface area contributed by atoms with Gasteiger partial charge in [0.25, 0.3) is 0 Å². The van der Waals surface area contributed by atoms with Crippen LogP contribution in [-0.4, -0.2) is 5.54 Å². The third-order valence-corrected chi connectivity index (χ3v) is 5.01. The van der Waals surface area contributed by atoms with Crippen molar-refractivity contribution in [3.05, 3.63) is 22.4 Å². The molecule has 1 aliphatic rings. The van der Waals surface area contributed by atoms with Gasteiger partial charge in [0.15, 0.2) is 0 Å². The van der Waals surface area contributed by atoms with E-state index in [1.54, 1.807) is 11.3 Å². The Morgan fingerprint density at radius 2 is 2.39 bits per heavy atom. The molecule has 0 saturated heterocycles. The highest BCUT2D eigenvalue weighted by Gasteiger charge is 2.42. The highest BCUT2D eigenvalue weighted by Crippen LogP contribution is 2.38. The summed E-state index contributed by atoms with van der Waals surface area (Å²) in [5, 5.41) is 15.3. The lowest BCUT2D eigenvalue weighted by molar-refractivity contribution is 0.149. The van der Waals surface area contributed by atoms with E-state index in [1.165, 1.54) is 24.1 Å². The molecule has 0 radical (unpaired) electrons. The molecule has 0 spiro atoms. The van der Waals surface area contributed by atoms with Gasteiger partial charge in [-0.25, -0.2) is 0 Å². The average molecular weight is 262 g/mol. The van der Waals surface area contributed by atoms with E-state index in [4.69, 9.17) is 0 Å². The zero-order valence-corrected chi connectivity index (χ0v) is 12.1. The van der Waals surface area contributed by atoms with Gasteiger partial charge < -0.3 is 0 Å². The van der Waals surface area contributed by atoms with E-state index in [0.29, 0.717) is 11.8 Å². The summed E-state index contributed by atoms with van der Waals surface area (Å²) in [7, 11) is 0. The molecule has 1 aromatic rings. The van der Waals surface area contributed by atoms with Gasteiger partial charge in [0, 0.05) is 11.4 Å². The Bertz CT molecular complexity index is 405. The van der Waals surface area contributed by atoms with Crippen LogP contribution in [0.2, 0.25) is 0 Å². The van der Waals surface area contributed by atoms with Crippen molar-refractivity contribution >= 4 is 11.3 Å². The molecule has 1 aromatic heterocycles. The van der Waals surface area contributed by atoms with Crippen LogP contribution in [0.3, 0.4) is 0 Å². The van der Waals surface area contributed by atoms with Gasteiger partial charge >= 0.3 is 0 Å². The topological polar surface area (TPSA) is 35.8 Å². The van der Waals surface area contributed by atoms with Crippen molar-refractivity contribution in [1.29, 1.82) is 5.26 Å². The van der Waals surface area contributed by atoms with Crippen molar-refractivity contribution in [3.63, 3.8) is 0 Å². The van der Waals surface area contributed by atoms with Crippen molar-refractivity contribution in [2.75, 3.05) is 0 Å². The van der Waals surface area contributed by atoms with Crippen LogP contribution in [0, 0.1) is 23.2 Å². The smallest absolute Gasteiger partial charge is 0.110 e. The number of thiophene rings is 1. The van der Waals surface area contributed by atoms with E-state index in [-0.39, 0.29) is 5.54 Å². The predicted octanol–water partition coefficient (Wildman–Crippen LogP) is 3.95. The lowest BCUT2D eigenvalue weighted by Crippen LogP contribution is -2.53. The summed E-state index contributed by atoms with van der Waals surface area (Å²) in [6.45, 7) is 5.32. The molecular formula is C15H22N2S. The first-order valence-corrected chi connectivity index (χ1v) is 7.74. The molecule has 3 heteroatoms. The molecule has 0 amide bonds. The minimum absolute atomic E-state index is 0.309. The summed E-state index contributed by atoms with van der Waals surface area (Å²) < 4.78 is 0. The van der Waals surface area contributed by atoms with Gasteiger partial charge in [-0.15, -0.1) is 11.3 Å². The van der Waals surface area contributed by atoms with Crippen LogP contribution < -0.4 is 5.32 Å². The normalized spacial score (nSPS) is 28.2. The molecule has 18 heavy (non-hydrogen) atoms. The molecule has 98 valence electrons. The van der Waals surface area contributed by atoms with Crippen molar-refractivity contribution in [2.45, 2.75) is 51.6 Å². The first-order chi connectivity index (χ1) is 8.68. The third-order valence-electron chi connectivity index (χ3n) is 4.13. The van der Waals surface area contributed by atoms with E-state index >= 15 is 0 Å². The predicted molar refractivity (Wildman–Crippen MR) is 76.3 cm³/mol. The maximum atomic E-state index is 9.68. The number of nitriles is 1. The summed E-state index contributed by atoms with van der Waals surface area (Å²) in [5.41, 5.74) is -0.309. The lowest BCUT2D eigenvalue weighted by Gasteiger charge is -2.42. The monoisotopic (exact) mass is 262 g/mol. The molecule has 0 aliphatic heterocycles. The fourth-order valence-electron chi connectivity index (χ4n) is 3.16. The number of hydrogen-bond acceptors (Lipinski definition) is 3. The molecule has 0 bridgehead atoms. The Morgan fingerprint density at radius 1 is 1.56 bits per heavy atom. The summed E-state index contributed by atoms with van der Waals surface area (Å²) in [5.74, 6) is 1.05. The molecule has 1 saturated carbocycles. The first kappa shape index (κ1) is 13.6. The van der Waals surface area contributed by atoms with E-state index in [0.717, 1.165) is 13.0 Å².